The summed E-state index contributed by atoms with van der Waals surface area (Å²) in [5.41, 5.74) is 1.43. The minimum absolute atomic E-state index is 0.205. The van der Waals surface area contributed by atoms with Gasteiger partial charge in [-0.3, -0.25) is 0 Å². The predicted molar refractivity (Wildman–Crippen MR) is 165 cm³/mol. The lowest BCUT2D eigenvalue weighted by Gasteiger charge is -2.07. The van der Waals surface area contributed by atoms with Crippen molar-refractivity contribution in [1.82, 2.24) is 0 Å². The number of hydrogen-bond acceptors (Lipinski definition) is 2. The van der Waals surface area contributed by atoms with Crippen LogP contribution in [0.5, 0.6) is 0 Å². The van der Waals surface area contributed by atoms with Crippen LogP contribution in [0.3, 0.4) is 0 Å². The molecule has 0 spiro atoms. The molecule has 0 fully saturated rings. The van der Waals surface area contributed by atoms with E-state index >= 15 is 0 Å². The van der Waals surface area contributed by atoms with Gasteiger partial charge in [-0.2, -0.15) is 13.2 Å². The fraction of sp³-hybridized carbons (Fsp3) is 0.143. The molecule has 0 aliphatic rings. The molecule has 0 atom stereocenters. The van der Waals surface area contributed by atoms with Crippen molar-refractivity contribution in [2.24, 2.45) is 0 Å². The van der Waals surface area contributed by atoms with Gasteiger partial charge >= 0.3 is 6.18 Å². The van der Waals surface area contributed by atoms with Crippen LogP contribution >= 0.6 is 22.7 Å². The zero-order valence-electron chi connectivity index (χ0n) is 21.9. The van der Waals surface area contributed by atoms with E-state index in [0.29, 0.717) is 6.42 Å². The summed E-state index contributed by atoms with van der Waals surface area (Å²) in [6, 6.07) is 30.1. The standard InChI is InChI=1S/C35H24F4S2/c36-28-13-3-22(4-14-28)6-16-30-18-26-10-8-24-19-31-23(20-32(24)34(26)41-30)7-9-25-17-29(40-33(25)31)15-5-21-1-11-27(12-2-21)35(37,38)39/h1-4,7-14,17-20H,5-6,15-16H2. The van der Waals surface area contributed by atoms with Crippen LogP contribution in [-0.4, -0.2) is 0 Å². The third-order valence-electron chi connectivity index (χ3n) is 7.73. The molecule has 0 aliphatic carbocycles. The van der Waals surface area contributed by atoms with E-state index < -0.39 is 11.7 Å². The number of rotatable bonds is 6. The van der Waals surface area contributed by atoms with Crippen molar-refractivity contribution >= 4 is 64.4 Å². The molecule has 5 aromatic carbocycles. The van der Waals surface area contributed by atoms with Crippen LogP contribution in [0.2, 0.25) is 0 Å². The van der Waals surface area contributed by atoms with Crippen LogP contribution in [0.4, 0.5) is 17.6 Å². The Hall–Kier alpha value is -3.74. The van der Waals surface area contributed by atoms with Crippen molar-refractivity contribution in [1.29, 1.82) is 0 Å². The number of hydrogen-bond donors (Lipinski definition) is 0. The highest BCUT2D eigenvalue weighted by molar-refractivity contribution is 7.20. The smallest absolute Gasteiger partial charge is 0.207 e. The molecule has 204 valence electrons. The maximum Gasteiger partial charge on any atom is 0.416 e. The molecule has 0 nitrogen and oxygen atoms in total. The second kappa shape index (κ2) is 10.3. The average Bonchev–Trinajstić information content (AvgIpc) is 3.59. The summed E-state index contributed by atoms with van der Waals surface area (Å²) in [4.78, 5) is 2.55. The number of thiophene rings is 2. The second-order valence-electron chi connectivity index (χ2n) is 10.5. The van der Waals surface area contributed by atoms with E-state index in [2.05, 4.69) is 48.5 Å². The maximum atomic E-state index is 13.3. The van der Waals surface area contributed by atoms with Gasteiger partial charge in [-0.15, -0.1) is 22.7 Å². The van der Waals surface area contributed by atoms with Gasteiger partial charge in [0.05, 0.1) is 5.56 Å². The molecule has 41 heavy (non-hydrogen) atoms. The summed E-state index contributed by atoms with van der Waals surface area (Å²) in [7, 11) is 0. The number of halogens is 4. The van der Waals surface area contributed by atoms with E-state index in [1.54, 1.807) is 23.5 Å². The number of benzene rings is 5. The van der Waals surface area contributed by atoms with Crippen molar-refractivity contribution in [3.8, 4) is 0 Å². The van der Waals surface area contributed by atoms with Gasteiger partial charge in [0.25, 0.3) is 0 Å². The Morgan fingerprint density at radius 3 is 1.39 bits per heavy atom. The van der Waals surface area contributed by atoms with Gasteiger partial charge in [0, 0.05) is 29.9 Å². The molecule has 0 bridgehead atoms. The van der Waals surface area contributed by atoms with E-state index in [0.717, 1.165) is 42.5 Å². The first-order chi connectivity index (χ1) is 19.8. The maximum absolute atomic E-state index is 13.3. The minimum atomic E-state index is -4.31. The molecule has 2 heterocycles. The molecule has 0 unspecified atom stereocenters. The van der Waals surface area contributed by atoms with Crippen molar-refractivity contribution in [3.05, 3.63) is 129 Å². The molecule has 7 rings (SSSR count). The number of aryl methyl sites for hydroxylation is 4. The summed E-state index contributed by atoms with van der Waals surface area (Å²) in [5.74, 6) is -0.205. The van der Waals surface area contributed by atoms with E-state index in [1.807, 2.05) is 23.5 Å². The van der Waals surface area contributed by atoms with Gasteiger partial charge in [-0.1, -0.05) is 48.5 Å². The SMILES string of the molecule is Fc1ccc(CCc2cc3ccc4cc5c(ccc6cc(CCc7ccc(C(F)(F)F)cc7)sc65)cc4c3s2)cc1. The first-order valence-corrected chi connectivity index (χ1v) is 15.1. The normalized spacial score (nSPS) is 12.3. The molecular weight excluding hydrogens is 561 g/mol. The Balaban J connectivity index is 1.16. The van der Waals surface area contributed by atoms with Crippen LogP contribution in [0.15, 0.2) is 97.1 Å². The summed E-state index contributed by atoms with van der Waals surface area (Å²) in [6.45, 7) is 0. The molecular formula is C35H24F4S2. The van der Waals surface area contributed by atoms with E-state index in [-0.39, 0.29) is 5.82 Å². The first kappa shape index (κ1) is 26.2. The topological polar surface area (TPSA) is 0 Å². The Morgan fingerprint density at radius 1 is 0.488 bits per heavy atom. The molecule has 0 saturated carbocycles. The summed E-state index contributed by atoms with van der Waals surface area (Å²) >= 11 is 3.61. The van der Waals surface area contributed by atoms with E-state index in [1.165, 1.54) is 63.6 Å². The van der Waals surface area contributed by atoms with Crippen LogP contribution in [0.1, 0.15) is 26.4 Å². The van der Waals surface area contributed by atoms with Crippen molar-refractivity contribution in [3.63, 3.8) is 0 Å². The van der Waals surface area contributed by atoms with Crippen LogP contribution in [0.25, 0.3) is 41.7 Å². The van der Waals surface area contributed by atoms with E-state index in [9.17, 15) is 17.6 Å². The van der Waals surface area contributed by atoms with Crippen LogP contribution < -0.4 is 0 Å². The Labute approximate surface area is 242 Å². The number of fused-ring (bicyclic) bond motifs is 6. The van der Waals surface area contributed by atoms with Gasteiger partial charge in [0.15, 0.2) is 0 Å². The highest BCUT2D eigenvalue weighted by Gasteiger charge is 2.29. The Morgan fingerprint density at radius 2 is 0.927 bits per heavy atom. The number of alkyl halides is 3. The first-order valence-electron chi connectivity index (χ1n) is 13.5. The lowest BCUT2D eigenvalue weighted by molar-refractivity contribution is -0.137. The summed E-state index contributed by atoms with van der Waals surface area (Å²) in [5, 5.41) is 7.35. The second-order valence-corrected chi connectivity index (χ2v) is 12.8. The fourth-order valence-corrected chi connectivity index (χ4v) is 7.91. The zero-order chi connectivity index (χ0) is 28.1. The Kier molecular flexibility index (Phi) is 6.56. The third-order valence-corrected chi connectivity index (χ3v) is 10.2. The van der Waals surface area contributed by atoms with Gasteiger partial charge in [-0.05, 0) is 107 Å². The highest BCUT2D eigenvalue weighted by Crippen LogP contribution is 2.39. The lowest BCUT2D eigenvalue weighted by Crippen LogP contribution is -2.04. The van der Waals surface area contributed by atoms with Gasteiger partial charge in [0.2, 0.25) is 0 Å². The lowest BCUT2D eigenvalue weighted by atomic mass is 10.0. The van der Waals surface area contributed by atoms with Crippen molar-refractivity contribution in [2.45, 2.75) is 31.9 Å². The van der Waals surface area contributed by atoms with Gasteiger partial charge in [0.1, 0.15) is 5.82 Å². The van der Waals surface area contributed by atoms with Gasteiger partial charge in [-0.25, -0.2) is 4.39 Å². The third kappa shape index (κ3) is 5.22. The molecule has 0 radical (unpaired) electrons. The highest BCUT2D eigenvalue weighted by atomic mass is 32.1. The molecule has 7 aromatic rings. The van der Waals surface area contributed by atoms with Gasteiger partial charge < -0.3 is 0 Å². The molecule has 0 N–H and O–H groups in total. The molecule has 0 aliphatic heterocycles. The summed E-state index contributed by atoms with van der Waals surface area (Å²) < 4.78 is 54.4. The predicted octanol–water partition coefficient (Wildman–Crippen LogP) is 11.2. The summed E-state index contributed by atoms with van der Waals surface area (Å²) in [6.07, 6.45) is -1.02. The van der Waals surface area contributed by atoms with Crippen LogP contribution in [-0.2, 0) is 31.9 Å². The fourth-order valence-electron chi connectivity index (χ4n) is 5.54. The minimum Gasteiger partial charge on any atom is -0.207 e. The van der Waals surface area contributed by atoms with Crippen molar-refractivity contribution < 1.29 is 17.6 Å². The average molecular weight is 585 g/mol. The monoisotopic (exact) mass is 584 g/mol. The van der Waals surface area contributed by atoms with Crippen molar-refractivity contribution in [2.75, 3.05) is 0 Å². The molecule has 0 saturated heterocycles. The molecule has 6 heteroatoms. The molecule has 0 amide bonds. The van der Waals surface area contributed by atoms with E-state index in [4.69, 9.17) is 0 Å². The largest absolute Gasteiger partial charge is 0.416 e. The van der Waals surface area contributed by atoms with Crippen LogP contribution in [0, 0.1) is 5.82 Å². The quantitative estimate of drug-likeness (QED) is 0.135. The molecule has 2 aromatic heterocycles. The Bertz CT molecular complexity index is 2030. The zero-order valence-corrected chi connectivity index (χ0v) is 23.5.